The number of hydrogen-bond acceptors (Lipinski definition) is 3. The normalized spacial score (nSPS) is 14.9. The highest BCUT2D eigenvalue weighted by Gasteiger charge is 2.15. The lowest BCUT2D eigenvalue weighted by Gasteiger charge is -2.35. The lowest BCUT2D eigenvalue weighted by atomic mass is 10.2. The highest BCUT2D eigenvalue weighted by molar-refractivity contribution is 5.46. The topological polar surface area (TPSA) is 18.5 Å². The lowest BCUT2D eigenvalue weighted by Crippen LogP contribution is -2.48. The summed E-state index contributed by atoms with van der Waals surface area (Å²) in [5, 5.41) is 3.20. The van der Waals surface area contributed by atoms with Crippen molar-refractivity contribution in [3.05, 3.63) is 30.3 Å². The van der Waals surface area contributed by atoms with Crippen molar-refractivity contribution in [1.29, 1.82) is 0 Å². The van der Waals surface area contributed by atoms with E-state index in [0.29, 0.717) is 0 Å². The second-order valence-corrected chi connectivity index (χ2v) is 3.95. The van der Waals surface area contributed by atoms with Crippen molar-refractivity contribution >= 4 is 5.69 Å². The highest BCUT2D eigenvalue weighted by atomic mass is 15.3. The van der Waals surface area contributed by atoms with E-state index in [1.807, 2.05) is 34.7 Å². The molecule has 0 radical (unpaired) electrons. The quantitative estimate of drug-likeness (QED) is 0.906. The molecule has 0 aromatic heterocycles. The Morgan fingerprint density at radius 2 is 1.42 bits per heavy atom. The Hall–Kier alpha value is -1.06. The summed E-state index contributed by atoms with van der Waals surface area (Å²) in [5.41, 5.74) is 1.35. The molecule has 0 atom stereocenters. The molecule has 0 amide bonds. The van der Waals surface area contributed by atoms with Gasteiger partial charge in [0.2, 0.25) is 0 Å². The molecule has 0 bridgehead atoms. The van der Waals surface area contributed by atoms with Gasteiger partial charge in [-0.3, -0.25) is 4.90 Å². The zero-order chi connectivity index (χ0) is 14.5. The van der Waals surface area contributed by atoms with E-state index in [4.69, 9.17) is 0 Å². The van der Waals surface area contributed by atoms with E-state index in [-0.39, 0.29) is 0 Å². The Bertz CT molecular complexity index is 279. The van der Waals surface area contributed by atoms with Crippen LogP contribution in [0, 0.1) is 0 Å². The second kappa shape index (κ2) is 12.0. The molecule has 1 heterocycles. The van der Waals surface area contributed by atoms with Crippen LogP contribution in [0.1, 0.15) is 27.7 Å². The summed E-state index contributed by atoms with van der Waals surface area (Å²) in [7, 11) is 2.00. The second-order valence-electron chi connectivity index (χ2n) is 3.95. The Labute approximate surface area is 119 Å². The van der Waals surface area contributed by atoms with Crippen LogP contribution in [-0.2, 0) is 0 Å². The molecule has 0 saturated carbocycles. The first-order chi connectivity index (χ1) is 9.40. The van der Waals surface area contributed by atoms with Crippen LogP contribution in [0.2, 0.25) is 0 Å². The first-order valence-corrected chi connectivity index (χ1v) is 7.57. The van der Waals surface area contributed by atoms with Gasteiger partial charge in [0.05, 0.1) is 0 Å². The number of nitrogens with zero attached hydrogens (tertiary/aromatic N) is 2. The summed E-state index contributed by atoms with van der Waals surface area (Å²) in [4.78, 5) is 4.89. The highest BCUT2D eigenvalue weighted by Crippen LogP contribution is 2.14. The average molecular weight is 265 g/mol. The Morgan fingerprint density at radius 1 is 0.895 bits per heavy atom. The van der Waals surface area contributed by atoms with E-state index >= 15 is 0 Å². The molecule has 0 spiro atoms. The van der Waals surface area contributed by atoms with Crippen molar-refractivity contribution in [2.75, 3.05) is 44.8 Å². The minimum absolute atomic E-state index is 1.00. The van der Waals surface area contributed by atoms with Crippen molar-refractivity contribution in [2.24, 2.45) is 0 Å². The molecular formula is C16H31N3. The fourth-order valence-electron chi connectivity index (χ4n) is 2.03. The van der Waals surface area contributed by atoms with Crippen LogP contribution in [-0.4, -0.2) is 44.8 Å². The average Bonchev–Trinajstić information content (AvgIpc) is 2.53. The molecular weight excluding hydrogens is 234 g/mol. The van der Waals surface area contributed by atoms with E-state index in [2.05, 4.69) is 45.4 Å². The molecule has 1 fully saturated rings. The van der Waals surface area contributed by atoms with Gasteiger partial charge in [0.25, 0.3) is 0 Å². The number of benzene rings is 1. The predicted molar refractivity (Wildman–Crippen MR) is 86.9 cm³/mol. The van der Waals surface area contributed by atoms with Crippen LogP contribution in [0.4, 0.5) is 5.69 Å². The fourth-order valence-corrected chi connectivity index (χ4v) is 2.03. The summed E-state index contributed by atoms with van der Waals surface area (Å²) in [6.45, 7) is 13.6. The van der Waals surface area contributed by atoms with Gasteiger partial charge in [0.1, 0.15) is 0 Å². The summed E-state index contributed by atoms with van der Waals surface area (Å²) in [6, 6.07) is 10.7. The maximum Gasteiger partial charge on any atom is 0.0479 e. The first-order valence-electron chi connectivity index (χ1n) is 7.57. The van der Waals surface area contributed by atoms with Crippen molar-refractivity contribution < 1.29 is 0 Å². The fraction of sp³-hybridized carbons (Fsp3) is 0.625. The zero-order valence-corrected chi connectivity index (χ0v) is 13.3. The number of rotatable bonds is 3. The molecule has 2 rings (SSSR count). The molecule has 110 valence electrons. The summed E-state index contributed by atoms with van der Waals surface area (Å²) >= 11 is 0. The van der Waals surface area contributed by atoms with Gasteiger partial charge in [-0.25, -0.2) is 0 Å². The summed E-state index contributed by atoms with van der Waals surface area (Å²) in [6.07, 6.45) is 0. The summed E-state index contributed by atoms with van der Waals surface area (Å²) in [5.74, 6) is 0. The van der Waals surface area contributed by atoms with Gasteiger partial charge >= 0.3 is 0 Å². The minimum atomic E-state index is 1.00. The maximum atomic E-state index is 3.20. The maximum absolute atomic E-state index is 3.20. The van der Waals surface area contributed by atoms with Crippen LogP contribution in [0.5, 0.6) is 0 Å². The molecule has 0 aliphatic carbocycles. The third-order valence-corrected chi connectivity index (χ3v) is 2.88. The van der Waals surface area contributed by atoms with E-state index < -0.39 is 0 Å². The van der Waals surface area contributed by atoms with Crippen molar-refractivity contribution in [3.8, 4) is 0 Å². The van der Waals surface area contributed by atoms with Crippen LogP contribution in [0.15, 0.2) is 30.3 Å². The molecule has 3 heteroatoms. The number of piperazine rings is 1. The Balaban J connectivity index is 0.000000741. The number of para-hydroxylation sites is 1. The number of hydrogen-bond donors (Lipinski definition) is 1. The lowest BCUT2D eigenvalue weighted by molar-refractivity contribution is 0.246. The Morgan fingerprint density at radius 3 is 1.89 bits per heavy atom. The smallest absolute Gasteiger partial charge is 0.0479 e. The molecule has 1 N–H and O–H groups in total. The minimum Gasteiger partial charge on any atom is -0.369 e. The van der Waals surface area contributed by atoms with E-state index in [9.17, 15) is 0 Å². The number of nitrogens with one attached hydrogen (secondary N) is 1. The zero-order valence-electron chi connectivity index (χ0n) is 13.3. The van der Waals surface area contributed by atoms with Crippen LogP contribution in [0.3, 0.4) is 0 Å². The predicted octanol–water partition coefficient (Wildman–Crippen LogP) is 3.04. The largest absolute Gasteiger partial charge is 0.369 e. The van der Waals surface area contributed by atoms with Gasteiger partial charge in [-0.05, 0) is 19.2 Å². The van der Waals surface area contributed by atoms with Gasteiger partial charge in [-0.1, -0.05) is 45.9 Å². The van der Waals surface area contributed by atoms with Crippen LogP contribution in [0.25, 0.3) is 0 Å². The molecule has 1 aromatic rings. The molecule has 1 aromatic carbocycles. The van der Waals surface area contributed by atoms with Crippen molar-refractivity contribution in [1.82, 2.24) is 10.2 Å². The molecule has 1 aliphatic heterocycles. The first kappa shape index (κ1) is 17.9. The van der Waals surface area contributed by atoms with Crippen LogP contribution < -0.4 is 10.2 Å². The Kier molecular flexibility index (Phi) is 11.3. The molecule has 3 nitrogen and oxygen atoms in total. The van der Waals surface area contributed by atoms with Gasteiger partial charge < -0.3 is 10.2 Å². The molecule has 1 aliphatic rings. The molecule has 19 heavy (non-hydrogen) atoms. The monoisotopic (exact) mass is 265 g/mol. The number of anilines is 1. The third kappa shape index (κ3) is 6.60. The third-order valence-electron chi connectivity index (χ3n) is 2.88. The SMILES string of the molecule is CC.CC.CNCN1CCN(c2ccccc2)CC1. The van der Waals surface area contributed by atoms with Gasteiger partial charge in [-0.2, -0.15) is 0 Å². The summed E-state index contributed by atoms with van der Waals surface area (Å²) < 4.78 is 0. The van der Waals surface area contributed by atoms with Gasteiger partial charge in [0, 0.05) is 38.5 Å². The van der Waals surface area contributed by atoms with Gasteiger partial charge in [-0.15, -0.1) is 0 Å². The van der Waals surface area contributed by atoms with Crippen molar-refractivity contribution in [2.45, 2.75) is 27.7 Å². The van der Waals surface area contributed by atoms with Gasteiger partial charge in [0.15, 0.2) is 0 Å². The standard InChI is InChI=1S/C12H19N3.2C2H6/c1-13-11-14-7-9-15(10-8-14)12-5-3-2-4-6-12;2*1-2/h2-6,13H,7-11H2,1H3;2*1-2H3. The van der Waals surface area contributed by atoms with E-state index in [1.54, 1.807) is 0 Å². The van der Waals surface area contributed by atoms with Crippen LogP contribution >= 0.6 is 0 Å². The van der Waals surface area contributed by atoms with E-state index in [1.165, 1.54) is 5.69 Å². The van der Waals surface area contributed by atoms with Crippen molar-refractivity contribution in [3.63, 3.8) is 0 Å². The molecule has 1 saturated heterocycles. The molecule has 0 unspecified atom stereocenters. The van der Waals surface area contributed by atoms with E-state index in [0.717, 1.165) is 32.8 Å².